The van der Waals surface area contributed by atoms with E-state index >= 15 is 0 Å². The van der Waals surface area contributed by atoms with Crippen LogP contribution in [0.25, 0.3) is 10.9 Å². The number of anilines is 2. The van der Waals surface area contributed by atoms with Gasteiger partial charge in [0.2, 0.25) is 16.0 Å². The van der Waals surface area contributed by atoms with E-state index in [9.17, 15) is 17.2 Å². The highest BCUT2D eigenvalue weighted by atomic mass is 32.2. The van der Waals surface area contributed by atoms with E-state index in [1.165, 1.54) is 0 Å². The van der Waals surface area contributed by atoms with Gasteiger partial charge in [0, 0.05) is 24.5 Å². The maximum Gasteiger partial charge on any atom is 0.243 e. The van der Waals surface area contributed by atoms with Gasteiger partial charge in [-0.1, -0.05) is 12.1 Å². The first-order valence-electron chi connectivity index (χ1n) is 10.8. The molecule has 1 saturated carbocycles. The summed E-state index contributed by atoms with van der Waals surface area (Å²) in [7, 11) is -4.03. The number of halogens is 2. The molecule has 8 nitrogen and oxygen atoms in total. The molecular formula is C22H26F2N6O2S. The van der Waals surface area contributed by atoms with Crippen molar-refractivity contribution in [2.45, 2.75) is 30.6 Å². The standard InChI is InChI=1S/C22H26F2N6O2S/c23-16-9-10-20(18(24)11-16)33(31,32)27-13-15-7-5-14(6-8-15)12-26-22-28-19-4-2-1-3-17(19)21(29-22)30-25/h1-4,9-11,14-15,27H,5-8,12-13,25H2,(H2,26,28,29,30)/t14-,15-. The lowest BCUT2D eigenvalue weighted by atomic mass is 9.82. The summed E-state index contributed by atoms with van der Waals surface area (Å²) in [6, 6.07) is 10.0. The molecule has 0 aliphatic heterocycles. The van der Waals surface area contributed by atoms with Gasteiger partial charge in [-0.2, -0.15) is 4.98 Å². The minimum atomic E-state index is -4.03. The van der Waals surface area contributed by atoms with Crippen LogP contribution >= 0.6 is 0 Å². The van der Waals surface area contributed by atoms with Gasteiger partial charge in [-0.05, 0) is 61.8 Å². The molecule has 176 valence electrons. The molecule has 1 heterocycles. The Bertz CT molecular complexity index is 1230. The molecule has 0 atom stereocenters. The maximum absolute atomic E-state index is 13.8. The van der Waals surface area contributed by atoms with E-state index in [0.29, 0.717) is 30.3 Å². The second-order valence-electron chi connectivity index (χ2n) is 8.25. The van der Waals surface area contributed by atoms with Crippen LogP contribution in [0.3, 0.4) is 0 Å². The van der Waals surface area contributed by atoms with Crippen LogP contribution in [0.15, 0.2) is 47.4 Å². The highest BCUT2D eigenvalue weighted by molar-refractivity contribution is 7.89. The van der Waals surface area contributed by atoms with E-state index in [2.05, 4.69) is 25.4 Å². The van der Waals surface area contributed by atoms with E-state index in [1.807, 2.05) is 24.3 Å². The third kappa shape index (κ3) is 5.55. The Morgan fingerprint density at radius 1 is 0.970 bits per heavy atom. The van der Waals surface area contributed by atoms with Crippen LogP contribution in [0.1, 0.15) is 25.7 Å². The van der Waals surface area contributed by atoms with E-state index in [4.69, 9.17) is 5.84 Å². The number of nitrogen functional groups attached to an aromatic ring is 1. The maximum atomic E-state index is 13.8. The number of benzene rings is 2. The van der Waals surface area contributed by atoms with Gasteiger partial charge in [-0.25, -0.2) is 32.7 Å². The number of para-hydroxylation sites is 1. The lowest BCUT2D eigenvalue weighted by Crippen LogP contribution is -2.32. The Hall–Kier alpha value is -2.89. The van der Waals surface area contributed by atoms with Gasteiger partial charge < -0.3 is 10.7 Å². The number of nitrogens with one attached hydrogen (secondary N) is 3. The van der Waals surface area contributed by atoms with Gasteiger partial charge in [0.15, 0.2) is 5.82 Å². The first kappa shape index (κ1) is 23.3. The fourth-order valence-electron chi connectivity index (χ4n) is 4.14. The van der Waals surface area contributed by atoms with Gasteiger partial charge >= 0.3 is 0 Å². The number of aromatic nitrogens is 2. The Balaban J connectivity index is 1.28. The van der Waals surface area contributed by atoms with E-state index in [0.717, 1.165) is 48.7 Å². The zero-order chi connectivity index (χ0) is 23.4. The molecule has 0 bridgehead atoms. The average Bonchev–Trinajstić information content (AvgIpc) is 2.81. The molecule has 1 aromatic heterocycles. The summed E-state index contributed by atoms with van der Waals surface area (Å²) in [5.74, 6) is 5.29. The van der Waals surface area contributed by atoms with E-state index in [1.54, 1.807) is 0 Å². The SMILES string of the molecule is NNc1nc(NC[C@H]2CC[C@H](CNS(=O)(=O)c3ccc(F)cc3F)CC2)nc2ccccc12. The molecule has 1 fully saturated rings. The average molecular weight is 477 g/mol. The zero-order valence-electron chi connectivity index (χ0n) is 17.9. The summed E-state index contributed by atoms with van der Waals surface area (Å²) in [5.41, 5.74) is 3.40. The predicted molar refractivity (Wildman–Crippen MR) is 123 cm³/mol. The van der Waals surface area contributed by atoms with Crippen LogP contribution in [-0.2, 0) is 10.0 Å². The normalized spacial score (nSPS) is 18.9. The molecule has 2 aromatic carbocycles. The largest absolute Gasteiger partial charge is 0.354 e. The first-order valence-corrected chi connectivity index (χ1v) is 12.3. The van der Waals surface area contributed by atoms with Crippen LogP contribution < -0.4 is 21.3 Å². The minimum Gasteiger partial charge on any atom is -0.354 e. The number of hydrogen-bond acceptors (Lipinski definition) is 7. The van der Waals surface area contributed by atoms with Crippen molar-refractivity contribution in [2.24, 2.45) is 17.7 Å². The molecule has 0 spiro atoms. The summed E-state index contributed by atoms with van der Waals surface area (Å²) in [6.07, 6.45) is 3.52. The molecule has 0 amide bonds. The molecule has 33 heavy (non-hydrogen) atoms. The molecule has 0 saturated heterocycles. The van der Waals surface area contributed by atoms with Crippen molar-refractivity contribution < 1.29 is 17.2 Å². The summed E-state index contributed by atoms with van der Waals surface area (Å²) in [6.45, 7) is 0.917. The Morgan fingerprint density at radius 2 is 1.67 bits per heavy atom. The van der Waals surface area contributed by atoms with Crippen molar-refractivity contribution in [1.82, 2.24) is 14.7 Å². The summed E-state index contributed by atoms with van der Waals surface area (Å²) in [5, 5.41) is 4.12. The Kier molecular flexibility index (Phi) is 7.01. The van der Waals surface area contributed by atoms with Crippen molar-refractivity contribution in [3.63, 3.8) is 0 Å². The lowest BCUT2D eigenvalue weighted by Gasteiger charge is -2.28. The predicted octanol–water partition coefficient (Wildman–Crippen LogP) is 3.39. The quantitative estimate of drug-likeness (QED) is 0.290. The molecule has 5 N–H and O–H groups in total. The Labute approximate surface area is 191 Å². The molecule has 1 aliphatic carbocycles. The van der Waals surface area contributed by atoms with Crippen molar-refractivity contribution in [1.29, 1.82) is 0 Å². The number of hydrazine groups is 1. The van der Waals surface area contributed by atoms with Crippen LogP contribution in [0.5, 0.6) is 0 Å². The third-order valence-corrected chi connectivity index (χ3v) is 7.46. The summed E-state index contributed by atoms with van der Waals surface area (Å²) in [4.78, 5) is 8.42. The van der Waals surface area contributed by atoms with Crippen molar-refractivity contribution in [3.05, 3.63) is 54.1 Å². The van der Waals surface area contributed by atoms with Gasteiger partial charge in [0.1, 0.15) is 16.5 Å². The number of fused-ring (bicyclic) bond motifs is 1. The van der Waals surface area contributed by atoms with Crippen LogP contribution in [0.2, 0.25) is 0 Å². The molecule has 4 rings (SSSR count). The van der Waals surface area contributed by atoms with Crippen molar-refractivity contribution in [3.8, 4) is 0 Å². The van der Waals surface area contributed by atoms with Crippen LogP contribution in [-0.4, -0.2) is 31.5 Å². The third-order valence-electron chi connectivity index (χ3n) is 6.00. The lowest BCUT2D eigenvalue weighted by molar-refractivity contribution is 0.284. The summed E-state index contributed by atoms with van der Waals surface area (Å²) >= 11 is 0. The van der Waals surface area contributed by atoms with Gasteiger partial charge in [-0.3, -0.25) is 0 Å². The molecule has 1 aliphatic rings. The van der Waals surface area contributed by atoms with Gasteiger partial charge in [0.25, 0.3) is 0 Å². The number of hydrogen-bond donors (Lipinski definition) is 4. The molecule has 3 aromatic rings. The smallest absolute Gasteiger partial charge is 0.243 e. The molecule has 0 unspecified atom stereocenters. The van der Waals surface area contributed by atoms with Crippen LogP contribution in [0, 0.1) is 23.5 Å². The highest BCUT2D eigenvalue weighted by Gasteiger charge is 2.25. The zero-order valence-corrected chi connectivity index (χ0v) is 18.7. The second-order valence-corrected chi connectivity index (χ2v) is 9.99. The fourth-order valence-corrected chi connectivity index (χ4v) is 5.31. The first-order chi connectivity index (χ1) is 15.9. The number of sulfonamides is 1. The second kappa shape index (κ2) is 9.94. The number of rotatable bonds is 8. The van der Waals surface area contributed by atoms with E-state index in [-0.39, 0.29) is 12.5 Å². The van der Waals surface area contributed by atoms with Gasteiger partial charge in [0.05, 0.1) is 5.52 Å². The van der Waals surface area contributed by atoms with E-state index < -0.39 is 26.6 Å². The van der Waals surface area contributed by atoms with Crippen molar-refractivity contribution >= 4 is 32.7 Å². The number of nitrogens with zero attached hydrogens (tertiary/aromatic N) is 2. The minimum absolute atomic E-state index is 0.157. The molecule has 11 heteroatoms. The summed E-state index contributed by atoms with van der Waals surface area (Å²) < 4.78 is 54.1. The molecular weight excluding hydrogens is 450 g/mol. The Morgan fingerprint density at radius 3 is 2.36 bits per heavy atom. The fraction of sp³-hybridized carbons (Fsp3) is 0.364. The topological polar surface area (TPSA) is 122 Å². The monoisotopic (exact) mass is 476 g/mol. The van der Waals surface area contributed by atoms with Crippen LogP contribution in [0.4, 0.5) is 20.5 Å². The number of nitrogens with two attached hydrogens (primary N) is 1. The highest BCUT2D eigenvalue weighted by Crippen LogP contribution is 2.29. The van der Waals surface area contributed by atoms with Crippen molar-refractivity contribution in [2.75, 3.05) is 23.8 Å². The van der Waals surface area contributed by atoms with Gasteiger partial charge in [-0.15, -0.1) is 0 Å². The molecule has 0 radical (unpaired) electrons.